The molecule has 4 aliphatic rings. The molecule has 5 heteroatoms. The second kappa shape index (κ2) is 4.96. The molecule has 0 radical (unpaired) electrons. The zero-order valence-corrected chi connectivity index (χ0v) is 15.3. The molecule has 5 nitrogen and oxygen atoms in total. The van der Waals surface area contributed by atoms with E-state index in [0.717, 1.165) is 6.42 Å². The van der Waals surface area contributed by atoms with Gasteiger partial charge in [0.2, 0.25) is 0 Å². The van der Waals surface area contributed by atoms with Crippen molar-refractivity contribution in [1.82, 2.24) is 0 Å². The molecule has 2 bridgehead atoms. The van der Waals surface area contributed by atoms with Gasteiger partial charge in [0.05, 0.1) is 18.1 Å². The van der Waals surface area contributed by atoms with Crippen LogP contribution in [0.1, 0.15) is 34.1 Å². The average Bonchev–Trinajstić information content (AvgIpc) is 3.05. The van der Waals surface area contributed by atoms with Crippen LogP contribution in [0, 0.1) is 34.5 Å². The van der Waals surface area contributed by atoms with E-state index < -0.39 is 35.9 Å². The predicted octanol–water partition coefficient (Wildman–Crippen LogP) is 0.607. The highest BCUT2D eigenvalue weighted by Crippen LogP contribution is 2.72. The van der Waals surface area contributed by atoms with Crippen LogP contribution in [-0.2, 0) is 0 Å². The second-order valence-electron chi connectivity index (χ2n) is 9.46. The van der Waals surface area contributed by atoms with Gasteiger partial charge in [-0.1, -0.05) is 32.9 Å². The van der Waals surface area contributed by atoms with Crippen molar-refractivity contribution in [1.29, 1.82) is 0 Å². The summed E-state index contributed by atoms with van der Waals surface area (Å²) in [7, 11) is 0. The molecule has 0 aromatic rings. The first-order valence-corrected chi connectivity index (χ1v) is 9.32. The third kappa shape index (κ3) is 1.77. The van der Waals surface area contributed by atoms with Crippen LogP contribution < -0.4 is 0 Å². The van der Waals surface area contributed by atoms with Crippen LogP contribution in [0.2, 0.25) is 0 Å². The van der Waals surface area contributed by atoms with Crippen LogP contribution in [0.4, 0.5) is 0 Å². The van der Waals surface area contributed by atoms with Crippen molar-refractivity contribution in [2.75, 3.05) is 6.61 Å². The Kier molecular flexibility index (Phi) is 3.51. The van der Waals surface area contributed by atoms with Gasteiger partial charge in [-0.3, -0.25) is 0 Å². The molecule has 4 aliphatic carbocycles. The Bertz CT molecular complexity index is 667. The molecule has 3 unspecified atom stereocenters. The van der Waals surface area contributed by atoms with E-state index in [1.165, 1.54) is 0 Å². The van der Waals surface area contributed by atoms with Crippen LogP contribution in [0.25, 0.3) is 0 Å². The number of hydrogen-bond donors (Lipinski definition) is 5. The third-order valence-electron chi connectivity index (χ3n) is 8.20. The second-order valence-corrected chi connectivity index (χ2v) is 9.46. The standard InChI is InChI=1S/C20H30O5/c1-9-7-19-10(2)5-13-14(18(13,3)4)12(17(19)24)6-11(8-21)16(23)20(19,25)15(9)22/h6-7,10,12-17,21-25H,5,8H2,1-4H3/t10?,12-,13+,14-,15-,16+,17?,19?,20+/m0/s1. The summed E-state index contributed by atoms with van der Waals surface area (Å²) in [5.74, 6) is 0.292. The van der Waals surface area contributed by atoms with Gasteiger partial charge in [0.1, 0.15) is 17.8 Å². The van der Waals surface area contributed by atoms with E-state index in [-0.39, 0.29) is 23.2 Å². The maximum atomic E-state index is 11.6. The van der Waals surface area contributed by atoms with Crippen LogP contribution in [0.3, 0.4) is 0 Å². The van der Waals surface area contributed by atoms with Gasteiger partial charge >= 0.3 is 0 Å². The first-order valence-electron chi connectivity index (χ1n) is 9.32. The fourth-order valence-electron chi connectivity index (χ4n) is 6.74. The lowest BCUT2D eigenvalue weighted by Crippen LogP contribution is -2.66. The zero-order chi connectivity index (χ0) is 18.5. The van der Waals surface area contributed by atoms with E-state index in [1.807, 2.05) is 6.92 Å². The lowest BCUT2D eigenvalue weighted by molar-refractivity contribution is -0.215. The summed E-state index contributed by atoms with van der Waals surface area (Å²) in [5, 5.41) is 54.7. The number of fused-ring (bicyclic) bond motifs is 3. The highest BCUT2D eigenvalue weighted by Gasteiger charge is 2.75. The average molecular weight is 350 g/mol. The van der Waals surface area contributed by atoms with Gasteiger partial charge in [-0.15, -0.1) is 0 Å². The van der Waals surface area contributed by atoms with Gasteiger partial charge in [-0.2, -0.15) is 0 Å². The van der Waals surface area contributed by atoms with Crippen molar-refractivity contribution in [3.05, 3.63) is 23.3 Å². The molecule has 0 saturated heterocycles. The first kappa shape index (κ1) is 17.7. The molecule has 1 spiro atoms. The molecule has 0 aromatic carbocycles. The molecule has 9 atom stereocenters. The summed E-state index contributed by atoms with van der Waals surface area (Å²) >= 11 is 0. The Morgan fingerprint density at radius 2 is 1.80 bits per heavy atom. The van der Waals surface area contributed by atoms with E-state index in [4.69, 9.17) is 0 Å². The minimum absolute atomic E-state index is 0.0853. The van der Waals surface area contributed by atoms with E-state index in [2.05, 4.69) is 13.8 Å². The van der Waals surface area contributed by atoms with E-state index in [0.29, 0.717) is 17.1 Å². The Labute approximate surface area is 148 Å². The SMILES string of the molecule is CC1=CC23C(C)C[C@@H]4[C@H]([C@H](C=C(CO)[C@@H](O)[C@]2(O)[C@H]1O)C3O)C4(C)C. The summed E-state index contributed by atoms with van der Waals surface area (Å²) in [6, 6.07) is 0. The molecule has 2 saturated carbocycles. The Balaban J connectivity index is 1.98. The lowest BCUT2D eigenvalue weighted by atomic mass is 9.58. The van der Waals surface area contributed by atoms with Crippen LogP contribution in [-0.4, -0.2) is 56.1 Å². The fraction of sp³-hybridized carbons (Fsp3) is 0.800. The number of aliphatic hydroxyl groups is 5. The minimum Gasteiger partial charge on any atom is -0.392 e. The number of hydrogen-bond acceptors (Lipinski definition) is 5. The van der Waals surface area contributed by atoms with Crippen LogP contribution in [0.5, 0.6) is 0 Å². The van der Waals surface area contributed by atoms with Gasteiger partial charge in [0, 0.05) is 5.92 Å². The molecule has 0 amide bonds. The Morgan fingerprint density at radius 1 is 1.16 bits per heavy atom. The largest absolute Gasteiger partial charge is 0.392 e. The van der Waals surface area contributed by atoms with Crippen LogP contribution in [0.15, 0.2) is 23.3 Å². The lowest BCUT2D eigenvalue weighted by Gasteiger charge is -2.51. The number of rotatable bonds is 1. The maximum absolute atomic E-state index is 11.6. The molecule has 2 fully saturated rings. The Morgan fingerprint density at radius 3 is 2.40 bits per heavy atom. The topological polar surface area (TPSA) is 101 Å². The van der Waals surface area contributed by atoms with Gasteiger partial charge < -0.3 is 25.5 Å². The first-order chi connectivity index (χ1) is 11.5. The molecule has 0 aliphatic heterocycles. The van der Waals surface area contributed by atoms with E-state index in [9.17, 15) is 25.5 Å². The molecule has 140 valence electrons. The van der Waals surface area contributed by atoms with E-state index in [1.54, 1.807) is 19.1 Å². The van der Waals surface area contributed by atoms with Crippen molar-refractivity contribution in [3.63, 3.8) is 0 Å². The van der Waals surface area contributed by atoms with Gasteiger partial charge in [0.25, 0.3) is 0 Å². The van der Waals surface area contributed by atoms with Crippen molar-refractivity contribution in [2.45, 2.75) is 58.0 Å². The highest BCUT2D eigenvalue weighted by molar-refractivity contribution is 5.42. The molecule has 0 heterocycles. The normalized spacial score (nSPS) is 56.1. The molecule has 0 aromatic heterocycles. The van der Waals surface area contributed by atoms with Crippen molar-refractivity contribution in [2.24, 2.45) is 34.5 Å². The third-order valence-corrected chi connectivity index (χ3v) is 8.20. The summed E-state index contributed by atoms with van der Waals surface area (Å²) in [6.45, 7) is 7.72. The zero-order valence-electron chi connectivity index (χ0n) is 15.3. The van der Waals surface area contributed by atoms with E-state index >= 15 is 0 Å². The smallest absolute Gasteiger partial charge is 0.136 e. The van der Waals surface area contributed by atoms with Crippen molar-refractivity contribution < 1.29 is 25.5 Å². The molecule has 25 heavy (non-hydrogen) atoms. The summed E-state index contributed by atoms with van der Waals surface area (Å²) < 4.78 is 0. The van der Waals surface area contributed by atoms with Crippen LogP contribution >= 0.6 is 0 Å². The summed E-state index contributed by atoms with van der Waals surface area (Å²) in [4.78, 5) is 0. The molecular weight excluding hydrogens is 320 g/mol. The fourth-order valence-corrected chi connectivity index (χ4v) is 6.74. The Hall–Kier alpha value is -0.720. The summed E-state index contributed by atoms with van der Waals surface area (Å²) in [6.07, 6.45) is 0.801. The molecular formula is C20H30O5. The van der Waals surface area contributed by atoms with Gasteiger partial charge in [0.15, 0.2) is 0 Å². The summed E-state index contributed by atoms with van der Waals surface area (Å²) in [5.41, 5.74) is -2.11. The highest BCUT2D eigenvalue weighted by atomic mass is 16.4. The van der Waals surface area contributed by atoms with Gasteiger partial charge in [-0.05, 0) is 47.7 Å². The monoisotopic (exact) mass is 350 g/mol. The van der Waals surface area contributed by atoms with Crippen molar-refractivity contribution in [3.8, 4) is 0 Å². The number of aliphatic hydroxyl groups excluding tert-OH is 4. The maximum Gasteiger partial charge on any atom is 0.136 e. The quantitative estimate of drug-likeness (QED) is 0.446. The predicted molar refractivity (Wildman–Crippen MR) is 92.4 cm³/mol. The molecule has 5 N–H and O–H groups in total. The molecule has 4 rings (SSSR count). The minimum atomic E-state index is -1.93. The van der Waals surface area contributed by atoms with Gasteiger partial charge in [-0.25, -0.2) is 0 Å². The van der Waals surface area contributed by atoms with Crippen molar-refractivity contribution >= 4 is 0 Å².